The normalized spacial score (nSPS) is 41.9. The number of hydrogen-bond acceptors (Lipinski definition) is 4. The summed E-state index contributed by atoms with van der Waals surface area (Å²) < 4.78 is 5.13. The molecule has 1 heterocycles. The molecule has 4 saturated carbocycles. The third-order valence-corrected chi connectivity index (χ3v) is 5.95. The number of nitrogens with two attached hydrogens (primary N) is 1. The molecule has 0 spiro atoms. The van der Waals surface area contributed by atoms with Gasteiger partial charge in [0.05, 0.1) is 5.54 Å². The lowest BCUT2D eigenvalue weighted by atomic mass is 9.47. The molecule has 0 aliphatic heterocycles. The fourth-order valence-corrected chi connectivity index (χ4v) is 5.90. The number of nitrogens with zero attached hydrogens (tertiary/aromatic N) is 2. The molecule has 4 aliphatic rings. The van der Waals surface area contributed by atoms with Crippen molar-refractivity contribution in [2.45, 2.75) is 64.3 Å². The maximum Gasteiger partial charge on any atom is 0.223 e. The zero-order chi connectivity index (χ0) is 14.0. The Morgan fingerprint density at radius 2 is 1.75 bits per heavy atom. The smallest absolute Gasteiger partial charge is 0.223 e. The van der Waals surface area contributed by atoms with Gasteiger partial charge in [0.2, 0.25) is 5.89 Å². The van der Waals surface area contributed by atoms with Gasteiger partial charge in [0.15, 0.2) is 5.82 Å². The summed E-state index contributed by atoms with van der Waals surface area (Å²) >= 11 is 0. The molecule has 20 heavy (non-hydrogen) atoms. The van der Waals surface area contributed by atoms with Crippen LogP contribution >= 0.6 is 0 Å². The molecule has 2 N–H and O–H groups in total. The first kappa shape index (κ1) is 12.8. The Morgan fingerprint density at radius 3 is 2.20 bits per heavy atom. The van der Waals surface area contributed by atoms with Gasteiger partial charge in [-0.25, -0.2) is 0 Å². The van der Waals surface area contributed by atoms with Gasteiger partial charge < -0.3 is 10.3 Å². The van der Waals surface area contributed by atoms with E-state index in [1.54, 1.807) is 0 Å². The van der Waals surface area contributed by atoms with E-state index in [4.69, 9.17) is 10.3 Å². The van der Waals surface area contributed by atoms with Crippen LogP contribution in [0.2, 0.25) is 0 Å². The fraction of sp³-hybridized carbons (Fsp3) is 0.875. The molecule has 4 bridgehead atoms. The van der Waals surface area contributed by atoms with Crippen LogP contribution in [0.3, 0.4) is 0 Å². The lowest BCUT2D eigenvalue weighted by Crippen LogP contribution is -2.50. The third kappa shape index (κ3) is 2.00. The van der Waals surface area contributed by atoms with Crippen LogP contribution in [0.25, 0.3) is 0 Å². The summed E-state index contributed by atoms with van der Waals surface area (Å²) in [6, 6.07) is 0. The topological polar surface area (TPSA) is 64.9 Å². The summed E-state index contributed by atoms with van der Waals surface area (Å²) in [5, 5.41) is 4.07. The van der Waals surface area contributed by atoms with E-state index in [2.05, 4.69) is 17.1 Å². The van der Waals surface area contributed by atoms with Crippen molar-refractivity contribution in [3.8, 4) is 0 Å². The Labute approximate surface area is 120 Å². The second-order valence-electron chi connectivity index (χ2n) is 8.15. The predicted octanol–water partition coefficient (Wildman–Crippen LogP) is 3.16. The molecule has 4 nitrogen and oxygen atoms in total. The van der Waals surface area contributed by atoms with Crippen LogP contribution in [-0.2, 0) is 5.54 Å². The van der Waals surface area contributed by atoms with Crippen LogP contribution < -0.4 is 5.73 Å². The molecule has 0 aromatic carbocycles. The van der Waals surface area contributed by atoms with Crippen molar-refractivity contribution in [1.82, 2.24) is 10.1 Å². The van der Waals surface area contributed by atoms with E-state index in [1.165, 1.54) is 38.5 Å². The Kier molecular flexibility index (Phi) is 2.60. The van der Waals surface area contributed by atoms with Crippen LogP contribution in [0, 0.1) is 30.1 Å². The summed E-state index contributed by atoms with van der Waals surface area (Å²) in [5.74, 6) is 4.19. The van der Waals surface area contributed by atoms with E-state index >= 15 is 0 Å². The quantitative estimate of drug-likeness (QED) is 0.920. The molecule has 4 aliphatic carbocycles. The lowest BCUT2D eigenvalue weighted by molar-refractivity contribution is -0.0681. The Hall–Kier alpha value is -0.900. The van der Waals surface area contributed by atoms with Crippen LogP contribution in [0.1, 0.15) is 63.6 Å². The molecule has 1 aromatic heterocycles. The molecule has 0 amide bonds. The summed E-state index contributed by atoms with van der Waals surface area (Å²) in [6.07, 6.45) is 9.57. The summed E-state index contributed by atoms with van der Waals surface area (Å²) in [5.41, 5.74) is 6.58. The number of rotatable bonds is 3. The van der Waals surface area contributed by atoms with Gasteiger partial charge in [-0.15, -0.1) is 0 Å². The maximum absolute atomic E-state index is 6.59. The summed E-state index contributed by atoms with van der Waals surface area (Å²) in [7, 11) is 0. The van der Waals surface area contributed by atoms with Gasteiger partial charge in [-0.3, -0.25) is 0 Å². The molecule has 5 rings (SSSR count). The van der Waals surface area contributed by atoms with Crippen LogP contribution in [0.4, 0.5) is 0 Å². The maximum atomic E-state index is 6.59. The van der Waals surface area contributed by atoms with E-state index in [1.807, 2.05) is 6.92 Å². The predicted molar refractivity (Wildman–Crippen MR) is 75.8 cm³/mol. The van der Waals surface area contributed by atoms with Gasteiger partial charge >= 0.3 is 0 Å². The highest BCUT2D eigenvalue weighted by Gasteiger charge is 2.53. The molecular weight excluding hydrogens is 250 g/mol. The first-order valence-corrected chi connectivity index (χ1v) is 8.04. The summed E-state index contributed by atoms with van der Waals surface area (Å²) in [4.78, 5) is 4.38. The highest BCUT2D eigenvalue weighted by molar-refractivity contribution is 5.09. The average molecular weight is 275 g/mol. The SMILES string of the molecule is Cc1nc(C(C)(N)CC23CC4CC(CC(C4)C2)C3)no1. The van der Waals surface area contributed by atoms with Crippen molar-refractivity contribution >= 4 is 0 Å². The Morgan fingerprint density at radius 1 is 1.20 bits per heavy atom. The molecule has 110 valence electrons. The van der Waals surface area contributed by atoms with Crippen LogP contribution in [-0.4, -0.2) is 10.1 Å². The largest absolute Gasteiger partial charge is 0.340 e. The monoisotopic (exact) mass is 275 g/mol. The molecule has 0 saturated heterocycles. The molecule has 1 atom stereocenters. The second-order valence-corrected chi connectivity index (χ2v) is 8.15. The first-order chi connectivity index (χ1) is 9.44. The van der Waals surface area contributed by atoms with Crippen LogP contribution in [0.5, 0.6) is 0 Å². The standard InChI is InChI=1S/C16H25N3O/c1-10-18-14(19-20-10)15(2,17)9-16-6-11-3-12(7-16)5-13(4-11)8-16/h11-13H,3-9,17H2,1-2H3. The van der Waals surface area contributed by atoms with E-state index in [-0.39, 0.29) is 0 Å². The second kappa shape index (κ2) is 4.06. The van der Waals surface area contributed by atoms with Crippen molar-refractivity contribution in [3.05, 3.63) is 11.7 Å². The number of aromatic nitrogens is 2. The highest BCUT2D eigenvalue weighted by atomic mass is 16.5. The minimum absolute atomic E-state index is 0.451. The Balaban J connectivity index is 1.59. The van der Waals surface area contributed by atoms with Crippen LogP contribution in [0.15, 0.2) is 4.52 Å². The lowest BCUT2D eigenvalue weighted by Gasteiger charge is -2.58. The molecular formula is C16H25N3O. The van der Waals surface area contributed by atoms with Gasteiger partial charge in [-0.2, -0.15) is 4.98 Å². The van der Waals surface area contributed by atoms with Gasteiger partial charge in [0.1, 0.15) is 0 Å². The number of aryl methyl sites for hydroxylation is 1. The van der Waals surface area contributed by atoms with Crippen molar-refractivity contribution in [2.24, 2.45) is 28.9 Å². The van der Waals surface area contributed by atoms with E-state index < -0.39 is 5.54 Å². The third-order valence-electron chi connectivity index (χ3n) is 5.95. The van der Waals surface area contributed by atoms with Gasteiger partial charge in [-0.05, 0) is 75.0 Å². The van der Waals surface area contributed by atoms with Gasteiger partial charge in [0.25, 0.3) is 0 Å². The average Bonchev–Trinajstić information content (AvgIpc) is 2.73. The fourth-order valence-electron chi connectivity index (χ4n) is 5.90. The molecule has 4 fully saturated rings. The minimum atomic E-state index is -0.455. The molecule has 1 unspecified atom stereocenters. The van der Waals surface area contributed by atoms with E-state index in [0.717, 1.165) is 24.2 Å². The van der Waals surface area contributed by atoms with Crippen molar-refractivity contribution < 1.29 is 4.52 Å². The van der Waals surface area contributed by atoms with E-state index in [9.17, 15) is 0 Å². The summed E-state index contributed by atoms with van der Waals surface area (Å²) in [6.45, 7) is 3.91. The van der Waals surface area contributed by atoms with Crippen molar-refractivity contribution in [3.63, 3.8) is 0 Å². The Bertz CT molecular complexity index is 484. The zero-order valence-electron chi connectivity index (χ0n) is 12.6. The first-order valence-electron chi connectivity index (χ1n) is 8.04. The van der Waals surface area contributed by atoms with Gasteiger partial charge in [0, 0.05) is 6.92 Å². The van der Waals surface area contributed by atoms with E-state index in [0.29, 0.717) is 17.1 Å². The van der Waals surface area contributed by atoms with Gasteiger partial charge in [-0.1, -0.05) is 5.16 Å². The number of hydrogen-bond donors (Lipinski definition) is 1. The van der Waals surface area contributed by atoms with Crippen molar-refractivity contribution in [2.75, 3.05) is 0 Å². The highest BCUT2D eigenvalue weighted by Crippen LogP contribution is 2.62. The minimum Gasteiger partial charge on any atom is -0.340 e. The molecule has 0 radical (unpaired) electrons. The van der Waals surface area contributed by atoms with Crippen molar-refractivity contribution in [1.29, 1.82) is 0 Å². The zero-order valence-corrected chi connectivity index (χ0v) is 12.6. The molecule has 4 heteroatoms. The molecule has 1 aromatic rings.